The Hall–Kier alpha value is -0.0900. The highest BCUT2D eigenvalue weighted by molar-refractivity contribution is 7.91. The van der Waals surface area contributed by atoms with Gasteiger partial charge in [-0.25, -0.2) is 8.42 Å². The van der Waals surface area contributed by atoms with E-state index in [9.17, 15) is 8.42 Å². The number of hydrogen-bond donors (Lipinski definition) is 1. The van der Waals surface area contributed by atoms with Gasteiger partial charge in [-0.05, 0) is 36.6 Å². The second-order valence-corrected chi connectivity index (χ2v) is 8.00. The van der Waals surface area contributed by atoms with E-state index in [-0.39, 0.29) is 5.41 Å². The maximum Gasteiger partial charge on any atom is 0.150 e. The van der Waals surface area contributed by atoms with Gasteiger partial charge in [0.15, 0.2) is 0 Å². The molecule has 0 aliphatic carbocycles. The summed E-state index contributed by atoms with van der Waals surface area (Å²) in [4.78, 5) is 0. The van der Waals surface area contributed by atoms with Crippen LogP contribution in [-0.4, -0.2) is 26.5 Å². The topological polar surface area (TPSA) is 60.2 Å². The van der Waals surface area contributed by atoms with Gasteiger partial charge < -0.3 is 5.73 Å². The van der Waals surface area contributed by atoms with Gasteiger partial charge in [-0.2, -0.15) is 0 Å². The van der Waals surface area contributed by atoms with Crippen LogP contribution < -0.4 is 5.73 Å². The van der Waals surface area contributed by atoms with Crippen molar-refractivity contribution in [3.63, 3.8) is 0 Å². The van der Waals surface area contributed by atoms with Crippen molar-refractivity contribution in [2.45, 2.75) is 33.6 Å². The maximum absolute atomic E-state index is 11.3. The maximum atomic E-state index is 11.3. The molecule has 1 fully saturated rings. The molecule has 3 nitrogen and oxygen atoms in total. The molecule has 1 unspecified atom stereocenters. The van der Waals surface area contributed by atoms with Crippen molar-refractivity contribution >= 4 is 9.84 Å². The lowest BCUT2D eigenvalue weighted by Crippen LogP contribution is -2.38. The Morgan fingerprint density at radius 3 is 2.07 bits per heavy atom. The van der Waals surface area contributed by atoms with Gasteiger partial charge in [-0.15, -0.1) is 0 Å². The molecular weight excluding hydrogens is 210 g/mol. The average molecular weight is 233 g/mol. The molecule has 1 saturated heterocycles. The van der Waals surface area contributed by atoms with E-state index >= 15 is 0 Å². The van der Waals surface area contributed by atoms with Crippen LogP contribution in [-0.2, 0) is 9.84 Å². The van der Waals surface area contributed by atoms with E-state index in [1.54, 1.807) is 0 Å². The summed E-state index contributed by atoms with van der Waals surface area (Å²) >= 11 is 0. The van der Waals surface area contributed by atoms with Crippen LogP contribution >= 0.6 is 0 Å². The summed E-state index contributed by atoms with van der Waals surface area (Å²) in [7, 11) is -2.74. The van der Waals surface area contributed by atoms with Crippen molar-refractivity contribution in [1.29, 1.82) is 0 Å². The lowest BCUT2D eigenvalue weighted by atomic mass is 9.71. The third-order valence-corrected chi connectivity index (χ3v) is 5.25. The van der Waals surface area contributed by atoms with E-state index in [0.29, 0.717) is 29.9 Å². The van der Waals surface area contributed by atoms with Gasteiger partial charge in [0, 0.05) is 0 Å². The Morgan fingerprint density at radius 1 is 1.27 bits per heavy atom. The largest absolute Gasteiger partial charge is 0.330 e. The average Bonchev–Trinajstić information content (AvgIpc) is 2.06. The number of sulfone groups is 1. The monoisotopic (exact) mass is 233 g/mol. The molecule has 0 radical (unpaired) electrons. The highest BCUT2D eigenvalue weighted by Crippen LogP contribution is 2.37. The molecule has 0 aromatic rings. The van der Waals surface area contributed by atoms with E-state index in [1.165, 1.54) is 0 Å². The molecular formula is C11H23NO2S. The van der Waals surface area contributed by atoms with Gasteiger partial charge >= 0.3 is 0 Å². The normalized spacial score (nSPS) is 25.1. The molecule has 1 rings (SSSR count). The SMILES string of the molecule is CC(C)(C)C(CN)C1CCS(=O)(=O)CC1. The Morgan fingerprint density at radius 2 is 1.73 bits per heavy atom. The zero-order valence-corrected chi connectivity index (χ0v) is 10.8. The molecule has 90 valence electrons. The summed E-state index contributed by atoms with van der Waals surface area (Å²) < 4.78 is 22.7. The number of nitrogens with two attached hydrogens (primary N) is 1. The van der Waals surface area contributed by atoms with Crippen LogP contribution in [0.25, 0.3) is 0 Å². The molecule has 0 aromatic carbocycles. The third-order valence-electron chi connectivity index (χ3n) is 3.53. The molecule has 1 atom stereocenters. The Balaban J connectivity index is 2.66. The van der Waals surface area contributed by atoms with E-state index in [2.05, 4.69) is 20.8 Å². The van der Waals surface area contributed by atoms with E-state index in [1.807, 2.05) is 0 Å². The molecule has 15 heavy (non-hydrogen) atoms. The number of rotatable bonds is 2. The molecule has 0 amide bonds. The van der Waals surface area contributed by atoms with E-state index < -0.39 is 9.84 Å². The first-order valence-electron chi connectivity index (χ1n) is 5.67. The molecule has 0 spiro atoms. The minimum absolute atomic E-state index is 0.181. The molecule has 4 heteroatoms. The van der Waals surface area contributed by atoms with Crippen molar-refractivity contribution in [2.75, 3.05) is 18.1 Å². The standard InChI is InChI=1S/C11H23NO2S/c1-11(2,3)10(8-12)9-4-6-15(13,14)7-5-9/h9-10H,4-8,12H2,1-3H3. The molecule has 1 heterocycles. The third kappa shape index (κ3) is 3.45. The summed E-state index contributed by atoms with van der Waals surface area (Å²) in [5, 5.41) is 0. The second-order valence-electron chi connectivity index (χ2n) is 5.70. The van der Waals surface area contributed by atoms with Crippen LogP contribution in [0.2, 0.25) is 0 Å². The van der Waals surface area contributed by atoms with Crippen LogP contribution in [0, 0.1) is 17.3 Å². The van der Waals surface area contributed by atoms with Gasteiger partial charge in [-0.3, -0.25) is 0 Å². The van der Waals surface area contributed by atoms with Gasteiger partial charge in [0.1, 0.15) is 9.84 Å². The first kappa shape index (κ1) is 13.0. The van der Waals surface area contributed by atoms with Crippen LogP contribution in [0.5, 0.6) is 0 Å². The Kier molecular flexibility index (Phi) is 3.82. The predicted octanol–water partition coefficient (Wildman–Crippen LogP) is 1.43. The van der Waals surface area contributed by atoms with Crippen molar-refractivity contribution in [2.24, 2.45) is 23.0 Å². The van der Waals surface area contributed by atoms with Crippen molar-refractivity contribution in [3.8, 4) is 0 Å². The molecule has 0 bridgehead atoms. The van der Waals surface area contributed by atoms with Crippen LogP contribution in [0.4, 0.5) is 0 Å². The minimum Gasteiger partial charge on any atom is -0.330 e. The molecule has 0 saturated carbocycles. The van der Waals surface area contributed by atoms with Crippen LogP contribution in [0.1, 0.15) is 33.6 Å². The van der Waals surface area contributed by atoms with Crippen molar-refractivity contribution < 1.29 is 8.42 Å². The fraction of sp³-hybridized carbons (Fsp3) is 1.00. The zero-order chi connectivity index (χ0) is 11.7. The van der Waals surface area contributed by atoms with E-state index in [4.69, 9.17) is 5.73 Å². The highest BCUT2D eigenvalue weighted by atomic mass is 32.2. The van der Waals surface area contributed by atoms with Gasteiger partial charge in [-0.1, -0.05) is 20.8 Å². The molecule has 0 aromatic heterocycles. The quantitative estimate of drug-likeness (QED) is 0.785. The van der Waals surface area contributed by atoms with Crippen molar-refractivity contribution in [3.05, 3.63) is 0 Å². The van der Waals surface area contributed by atoms with Gasteiger partial charge in [0.25, 0.3) is 0 Å². The molecule has 1 aliphatic rings. The van der Waals surface area contributed by atoms with Crippen LogP contribution in [0.3, 0.4) is 0 Å². The van der Waals surface area contributed by atoms with Gasteiger partial charge in [0.2, 0.25) is 0 Å². The fourth-order valence-corrected chi connectivity index (χ4v) is 4.09. The highest BCUT2D eigenvalue weighted by Gasteiger charge is 2.34. The minimum atomic E-state index is -2.74. The van der Waals surface area contributed by atoms with Crippen molar-refractivity contribution in [1.82, 2.24) is 0 Å². The smallest absolute Gasteiger partial charge is 0.150 e. The second kappa shape index (κ2) is 4.42. The summed E-state index contributed by atoms with van der Waals surface area (Å²) in [5.74, 6) is 1.63. The summed E-state index contributed by atoms with van der Waals surface area (Å²) in [5.41, 5.74) is 5.99. The Labute approximate surface area is 93.3 Å². The van der Waals surface area contributed by atoms with Crippen LogP contribution in [0.15, 0.2) is 0 Å². The summed E-state index contributed by atoms with van der Waals surface area (Å²) in [6, 6.07) is 0. The fourth-order valence-electron chi connectivity index (χ4n) is 2.56. The molecule has 2 N–H and O–H groups in total. The first-order valence-corrected chi connectivity index (χ1v) is 7.49. The number of hydrogen-bond acceptors (Lipinski definition) is 3. The van der Waals surface area contributed by atoms with E-state index in [0.717, 1.165) is 12.8 Å². The molecule has 1 aliphatic heterocycles. The predicted molar refractivity (Wildman–Crippen MR) is 63.4 cm³/mol. The lowest BCUT2D eigenvalue weighted by Gasteiger charge is -2.38. The van der Waals surface area contributed by atoms with Gasteiger partial charge in [0.05, 0.1) is 11.5 Å². The summed E-state index contributed by atoms with van der Waals surface area (Å²) in [6.45, 7) is 7.23. The zero-order valence-electron chi connectivity index (χ0n) is 9.99. The first-order chi connectivity index (χ1) is 6.76. The summed E-state index contributed by atoms with van der Waals surface area (Å²) in [6.07, 6.45) is 1.59. The Bertz CT molecular complexity index is 289. The lowest BCUT2D eigenvalue weighted by molar-refractivity contribution is 0.154.